The number of hydrogen-bond donors (Lipinski definition) is 0. The Morgan fingerprint density at radius 3 is 2.24 bits per heavy atom. The molecule has 1 aromatic carbocycles. The lowest BCUT2D eigenvalue weighted by atomic mass is 9.88. The fourth-order valence-electron chi connectivity index (χ4n) is 4.03. The van der Waals surface area contributed by atoms with Gasteiger partial charge in [0.05, 0.1) is 5.92 Å². The fraction of sp³-hybridized carbons (Fsp3) is 0.619. The van der Waals surface area contributed by atoms with Gasteiger partial charge in [-0.05, 0) is 23.8 Å². The number of nitrogens with zero attached hydrogens (tertiary/aromatic N) is 2. The van der Waals surface area contributed by atoms with Gasteiger partial charge in [0.15, 0.2) is 0 Å². The van der Waals surface area contributed by atoms with Gasteiger partial charge in [-0.2, -0.15) is 0 Å². The SMILES string of the molecule is CC(C)(C)CC(=O)N1CC(C(=O)N2CCCC2)C(c2ccccc2)C1. The van der Waals surface area contributed by atoms with Gasteiger partial charge < -0.3 is 9.80 Å². The second-order valence-electron chi connectivity index (χ2n) is 8.69. The summed E-state index contributed by atoms with van der Waals surface area (Å²) in [7, 11) is 0. The maximum Gasteiger partial charge on any atom is 0.228 e. The number of carbonyl (C=O) groups excluding carboxylic acids is 2. The van der Waals surface area contributed by atoms with Gasteiger partial charge in [0.25, 0.3) is 0 Å². The molecule has 2 amide bonds. The third-order valence-electron chi connectivity index (χ3n) is 5.32. The fourth-order valence-corrected chi connectivity index (χ4v) is 4.03. The zero-order chi connectivity index (χ0) is 18.0. The van der Waals surface area contributed by atoms with Gasteiger partial charge in [0.2, 0.25) is 11.8 Å². The Morgan fingerprint density at radius 2 is 1.64 bits per heavy atom. The van der Waals surface area contributed by atoms with E-state index < -0.39 is 0 Å². The average molecular weight is 342 g/mol. The first-order chi connectivity index (χ1) is 11.8. The van der Waals surface area contributed by atoms with Crippen molar-refractivity contribution in [2.75, 3.05) is 26.2 Å². The third kappa shape index (κ3) is 4.23. The molecule has 2 fully saturated rings. The molecule has 2 atom stereocenters. The predicted octanol–water partition coefficient (Wildman–Crippen LogP) is 3.29. The lowest BCUT2D eigenvalue weighted by molar-refractivity contribution is -0.135. The molecule has 2 aliphatic rings. The molecule has 0 aromatic heterocycles. The van der Waals surface area contributed by atoms with Crippen molar-refractivity contribution in [3.63, 3.8) is 0 Å². The molecule has 0 N–H and O–H groups in total. The molecule has 0 bridgehead atoms. The molecule has 2 aliphatic heterocycles. The Labute approximate surface area is 151 Å². The molecular weight excluding hydrogens is 312 g/mol. The normalized spacial score (nSPS) is 24.0. The quantitative estimate of drug-likeness (QED) is 0.846. The van der Waals surface area contributed by atoms with E-state index in [0.717, 1.165) is 25.9 Å². The van der Waals surface area contributed by atoms with Gasteiger partial charge in [-0.15, -0.1) is 0 Å². The van der Waals surface area contributed by atoms with Crippen LogP contribution in [-0.4, -0.2) is 47.8 Å². The standard InChI is InChI=1S/C21H30N2O2/c1-21(2,3)13-19(24)23-14-17(16-9-5-4-6-10-16)18(15-23)20(25)22-11-7-8-12-22/h4-6,9-10,17-18H,7-8,11-15H2,1-3H3. The van der Waals surface area contributed by atoms with E-state index in [4.69, 9.17) is 0 Å². The molecule has 0 radical (unpaired) electrons. The highest BCUT2D eigenvalue weighted by Crippen LogP contribution is 2.35. The molecule has 3 rings (SSSR count). The van der Waals surface area contributed by atoms with Crippen LogP contribution in [0.3, 0.4) is 0 Å². The van der Waals surface area contributed by atoms with E-state index in [9.17, 15) is 9.59 Å². The van der Waals surface area contributed by atoms with E-state index >= 15 is 0 Å². The smallest absolute Gasteiger partial charge is 0.228 e. The van der Waals surface area contributed by atoms with Gasteiger partial charge in [-0.1, -0.05) is 51.1 Å². The maximum absolute atomic E-state index is 13.1. The van der Waals surface area contributed by atoms with Crippen molar-refractivity contribution in [2.45, 2.75) is 46.0 Å². The van der Waals surface area contributed by atoms with Crippen LogP contribution in [0.2, 0.25) is 0 Å². The highest BCUT2D eigenvalue weighted by atomic mass is 16.2. The Bertz CT molecular complexity index is 615. The minimum atomic E-state index is -0.107. The second-order valence-corrected chi connectivity index (χ2v) is 8.69. The highest BCUT2D eigenvalue weighted by molar-refractivity contribution is 5.83. The monoisotopic (exact) mass is 342 g/mol. The zero-order valence-corrected chi connectivity index (χ0v) is 15.7. The molecular formula is C21H30N2O2. The minimum absolute atomic E-state index is 0.0314. The predicted molar refractivity (Wildman–Crippen MR) is 99.1 cm³/mol. The van der Waals surface area contributed by atoms with Gasteiger partial charge in [0.1, 0.15) is 0 Å². The van der Waals surface area contributed by atoms with Crippen LogP contribution in [0, 0.1) is 11.3 Å². The molecule has 136 valence electrons. The van der Waals surface area contributed by atoms with Crippen LogP contribution in [0.15, 0.2) is 30.3 Å². The van der Waals surface area contributed by atoms with Crippen molar-refractivity contribution in [3.05, 3.63) is 35.9 Å². The first-order valence-corrected chi connectivity index (χ1v) is 9.47. The number of carbonyl (C=O) groups is 2. The van der Waals surface area contributed by atoms with Crippen LogP contribution in [0.25, 0.3) is 0 Å². The number of rotatable bonds is 3. The van der Waals surface area contributed by atoms with Crippen molar-refractivity contribution in [2.24, 2.45) is 11.3 Å². The third-order valence-corrected chi connectivity index (χ3v) is 5.32. The van der Waals surface area contributed by atoms with Crippen LogP contribution in [0.1, 0.15) is 51.5 Å². The number of likely N-dealkylation sites (tertiary alicyclic amines) is 2. The summed E-state index contributed by atoms with van der Waals surface area (Å²) < 4.78 is 0. The number of hydrogen-bond acceptors (Lipinski definition) is 2. The molecule has 2 heterocycles. The van der Waals surface area contributed by atoms with Crippen LogP contribution in [0.5, 0.6) is 0 Å². The number of benzene rings is 1. The van der Waals surface area contributed by atoms with Crippen molar-refractivity contribution in [1.29, 1.82) is 0 Å². The molecule has 4 nitrogen and oxygen atoms in total. The maximum atomic E-state index is 13.1. The molecule has 2 saturated heterocycles. The van der Waals surface area contributed by atoms with Gasteiger partial charge >= 0.3 is 0 Å². The molecule has 1 aromatic rings. The Balaban J connectivity index is 1.80. The second kappa shape index (κ2) is 7.19. The van der Waals surface area contributed by atoms with Crippen molar-refractivity contribution in [1.82, 2.24) is 9.80 Å². The highest BCUT2D eigenvalue weighted by Gasteiger charge is 2.42. The van der Waals surface area contributed by atoms with Gasteiger partial charge in [-0.25, -0.2) is 0 Å². The summed E-state index contributed by atoms with van der Waals surface area (Å²) in [6.07, 6.45) is 2.72. The summed E-state index contributed by atoms with van der Waals surface area (Å²) >= 11 is 0. The molecule has 25 heavy (non-hydrogen) atoms. The Morgan fingerprint density at radius 1 is 1.00 bits per heavy atom. The number of amides is 2. The molecule has 0 spiro atoms. The lowest BCUT2D eigenvalue weighted by Crippen LogP contribution is -2.38. The van der Waals surface area contributed by atoms with Crippen LogP contribution >= 0.6 is 0 Å². The Hall–Kier alpha value is -1.84. The first-order valence-electron chi connectivity index (χ1n) is 9.47. The van der Waals surface area contributed by atoms with Crippen molar-refractivity contribution < 1.29 is 9.59 Å². The van der Waals surface area contributed by atoms with Crippen LogP contribution in [0.4, 0.5) is 0 Å². The summed E-state index contributed by atoms with van der Waals surface area (Å²) in [6, 6.07) is 10.2. The average Bonchev–Trinajstić information content (AvgIpc) is 3.23. The summed E-state index contributed by atoms with van der Waals surface area (Å²) in [5.74, 6) is 0.408. The van der Waals surface area contributed by atoms with E-state index in [1.807, 2.05) is 28.0 Å². The van der Waals surface area contributed by atoms with E-state index in [1.165, 1.54) is 5.56 Å². The van der Waals surface area contributed by atoms with E-state index in [2.05, 4.69) is 32.9 Å². The molecule has 2 unspecified atom stereocenters. The Kier molecular flexibility index (Phi) is 5.16. The molecule has 4 heteroatoms. The van der Waals surface area contributed by atoms with E-state index in [-0.39, 0.29) is 29.1 Å². The molecule has 0 saturated carbocycles. The van der Waals surface area contributed by atoms with Gasteiger partial charge in [-0.3, -0.25) is 9.59 Å². The topological polar surface area (TPSA) is 40.6 Å². The van der Waals surface area contributed by atoms with Crippen molar-refractivity contribution >= 4 is 11.8 Å². The summed E-state index contributed by atoms with van der Waals surface area (Å²) in [4.78, 5) is 29.7. The van der Waals surface area contributed by atoms with Crippen molar-refractivity contribution in [3.8, 4) is 0 Å². The van der Waals surface area contributed by atoms with E-state index in [0.29, 0.717) is 19.5 Å². The van der Waals surface area contributed by atoms with Gasteiger partial charge in [0, 0.05) is 38.5 Å². The zero-order valence-electron chi connectivity index (χ0n) is 15.7. The lowest BCUT2D eigenvalue weighted by Gasteiger charge is -2.24. The van der Waals surface area contributed by atoms with Crippen LogP contribution in [-0.2, 0) is 9.59 Å². The van der Waals surface area contributed by atoms with E-state index in [1.54, 1.807) is 0 Å². The summed E-state index contributed by atoms with van der Waals surface area (Å²) in [5.41, 5.74) is 1.14. The largest absolute Gasteiger partial charge is 0.342 e. The minimum Gasteiger partial charge on any atom is -0.342 e. The molecule has 0 aliphatic carbocycles. The van der Waals surface area contributed by atoms with Crippen LogP contribution < -0.4 is 0 Å². The first kappa shape index (κ1) is 18.0. The summed E-state index contributed by atoms with van der Waals surface area (Å²) in [6.45, 7) is 9.21. The summed E-state index contributed by atoms with van der Waals surface area (Å²) in [5, 5.41) is 0.